The Labute approximate surface area is 93.6 Å². The molecule has 0 saturated carbocycles. The Hall–Kier alpha value is -1.34. The second-order valence-corrected chi connectivity index (χ2v) is 4.45. The van der Waals surface area contributed by atoms with Gasteiger partial charge in [-0.1, -0.05) is 11.8 Å². The molecular formula is C8H7N3O2S2. The number of aromatic amines is 1. The molecule has 0 radical (unpaired) electrons. The lowest BCUT2D eigenvalue weighted by Gasteiger charge is -1.92. The number of hydrogen-bond donors (Lipinski definition) is 2. The summed E-state index contributed by atoms with van der Waals surface area (Å²) in [4.78, 5) is 21.5. The number of thioether (sulfide) groups is 1. The Morgan fingerprint density at radius 2 is 2.53 bits per heavy atom. The van der Waals surface area contributed by atoms with E-state index in [1.54, 1.807) is 17.8 Å². The number of rotatable bonds is 4. The number of carboxylic acid groups (broad SMARTS) is 1. The molecule has 2 heterocycles. The van der Waals surface area contributed by atoms with Gasteiger partial charge in [0.15, 0.2) is 5.16 Å². The van der Waals surface area contributed by atoms with Crippen molar-refractivity contribution in [1.29, 1.82) is 0 Å². The van der Waals surface area contributed by atoms with Gasteiger partial charge in [0.25, 0.3) is 0 Å². The summed E-state index contributed by atoms with van der Waals surface area (Å²) >= 11 is 2.63. The lowest BCUT2D eigenvalue weighted by Crippen LogP contribution is -1.95. The molecule has 0 spiro atoms. The van der Waals surface area contributed by atoms with Crippen LogP contribution in [0.1, 0.15) is 15.5 Å². The summed E-state index contributed by atoms with van der Waals surface area (Å²) in [5.74, 6) is -0.355. The van der Waals surface area contributed by atoms with E-state index in [4.69, 9.17) is 5.11 Å². The summed E-state index contributed by atoms with van der Waals surface area (Å²) in [5, 5.41) is 11.4. The fourth-order valence-corrected chi connectivity index (χ4v) is 2.42. The molecule has 15 heavy (non-hydrogen) atoms. The minimum atomic E-state index is -0.978. The van der Waals surface area contributed by atoms with Crippen LogP contribution in [0.15, 0.2) is 22.9 Å². The summed E-state index contributed by atoms with van der Waals surface area (Å²) in [6.45, 7) is 0. The highest BCUT2D eigenvalue weighted by Crippen LogP contribution is 2.20. The topological polar surface area (TPSA) is 78.9 Å². The number of nitrogens with zero attached hydrogens (tertiary/aromatic N) is 2. The predicted molar refractivity (Wildman–Crippen MR) is 57.2 cm³/mol. The number of carboxylic acids is 1. The number of thiazole rings is 1. The molecule has 0 aliphatic carbocycles. The van der Waals surface area contributed by atoms with Crippen molar-refractivity contribution in [2.24, 2.45) is 0 Å². The number of carbonyl (C=O) groups is 1. The van der Waals surface area contributed by atoms with Crippen LogP contribution in [0, 0.1) is 0 Å². The van der Waals surface area contributed by atoms with Gasteiger partial charge in [-0.05, 0) is 0 Å². The molecule has 7 heteroatoms. The van der Waals surface area contributed by atoms with Crippen molar-refractivity contribution in [3.63, 3.8) is 0 Å². The van der Waals surface area contributed by atoms with Crippen LogP contribution in [0.25, 0.3) is 0 Å². The SMILES string of the molecule is O=C(O)c1nc(CSc2ncc[nH]2)cs1. The first-order chi connectivity index (χ1) is 7.25. The van der Waals surface area contributed by atoms with Crippen LogP contribution in [0.2, 0.25) is 0 Å². The molecule has 0 bridgehead atoms. The fourth-order valence-electron chi connectivity index (χ4n) is 0.944. The Balaban J connectivity index is 1.96. The molecule has 0 aliphatic heterocycles. The van der Waals surface area contributed by atoms with Crippen LogP contribution >= 0.6 is 23.1 Å². The Morgan fingerprint density at radius 1 is 1.67 bits per heavy atom. The molecule has 2 aromatic heterocycles. The lowest BCUT2D eigenvalue weighted by atomic mass is 10.6. The summed E-state index contributed by atoms with van der Waals surface area (Å²) in [6, 6.07) is 0. The van der Waals surface area contributed by atoms with E-state index in [-0.39, 0.29) is 5.01 Å². The normalized spacial score (nSPS) is 10.4. The van der Waals surface area contributed by atoms with E-state index in [1.165, 1.54) is 11.8 Å². The molecule has 78 valence electrons. The second-order valence-electron chi connectivity index (χ2n) is 2.63. The van der Waals surface area contributed by atoms with Gasteiger partial charge in [0.05, 0.1) is 5.69 Å². The van der Waals surface area contributed by atoms with Gasteiger partial charge in [0.2, 0.25) is 5.01 Å². The highest BCUT2D eigenvalue weighted by atomic mass is 32.2. The largest absolute Gasteiger partial charge is 0.476 e. The predicted octanol–water partition coefficient (Wildman–Crippen LogP) is 1.86. The number of aromatic nitrogens is 3. The minimum absolute atomic E-state index is 0.130. The Bertz CT molecular complexity index is 452. The van der Waals surface area contributed by atoms with Crippen molar-refractivity contribution < 1.29 is 9.90 Å². The van der Waals surface area contributed by atoms with E-state index in [0.717, 1.165) is 22.2 Å². The maximum absolute atomic E-state index is 10.6. The van der Waals surface area contributed by atoms with Crippen LogP contribution in [0.4, 0.5) is 0 Å². The van der Waals surface area contributed by atoms with E-state index in [9.17, 15) is 4.79 Å². The molecule has 0 fully saturated rings. The monoisotopic (exact) mass is 241 g/mol. The molecule has 2 aromatic rings. The zero-order valence-electron chi connectivity index (χ0n) is 7.51. The Morgan fingerprint density at radius 3 is 3.13 bits per heavy atom. The van der Waals surface area contributed by atoms with Gasteiger partial charge >= 0.3 is 5.97 Å². The smallest absolute Gasteiger partial charge is 0.365 e. The van der Waals surface area contributed by atoms with E-state index < -0.39 is 5.97 Å². The standard InChI is InChI=1S/C8H7N3O2S2/c12-7(13)6-11-5(3-14-6)4-15-8-9-1-2-10-8/h1-3H,4H2,(H,9,10)(H,12,13). The molecule has 0 aromatic carbocycles. The van der Waals surface area contributed by atoms with Crippen molar-refractivity contribution in [2.45, 2.75) is 10.9 Å². The second kappa shape index (κ2) is 4.45. The number of imidazole rings is 1. The fraction of sp³-hybridized carbons (Fsp3) is 0.125. The molecule has 0 saturated heterocycles. The van der Waals surface area contributed by atoms with Gasteiger partial charge in [-0.2, -0.15) is 0 Å². The number of aromatic carboxylic acids is 1. The quantitative estimate of drug-likeness (QED) is 0.799. The van der Waals surface area contributed by atoms with Crippen molar-refractivity contribution >= 4 is 29.1 Å². The highest BCUT2D eigenvalue weighted by molar-refractivity contribution is 7.98. The average Bonchev–Trinajstić information content (AvgIpc) is 2.86. The molecule has 2 N–H and O–H groups in total. The first kappa shape index (κ1) is 10.2. The number of hydrogen-bond acceptors (Lipinski definition) is 5. The van der Waals surface area contributed by atoms with Gasteiger partial charge in [-0.3, -0.25) is 0 Å². The van der Waals surface area contributed by atoms with Crippen molar-refractivity contribution in [3.05, 3.63) is 28.5 Å². The number of H-pyrrole nitrogens is 1. The van der Waals surface area contributed by atoms with Crippen LogP contribution in [0.3, 0.4) is 0 Å². The van der Waals surface area contributed by atoms with Crippen LogP contribution in [0.5, 0.6) is 0 Å². The highest BCUT2D eigenvalue weighted by Gasteiger charge is 2.09. The lowest BCUT2D eigenvalue weighted by molar-refractivity contribution is 0.0696. The molecule has 0 unspecified atom stereocenters. The van der Waals surface area contributed by atoms with Crippen LogP contribution in [-0.4, -0.2) is 26.0 Å². The van der Waals surface area contributed by atoms with Crippen molar-refractivity contribution in [2.75, 3.05) is 0 Å². The molecule has 5 nitrogen and oxygen atoms in total. The van der Waals surface area contributed by atoms with Crippen molar-refractivity contribution in [3.8, 4) is 0 Å². The third-order valence-corrected chi connectivity index (χ3v) is 3.38. The van der Waals surface area contributed by atoms with Crippen LogP contribution in [-0.2, 0) is 5.75 Å². The molecule has 2 rings (SSSR count). The zero-order chi connectivity index (χ0) is 10.7. The van der Waals surface area contributed by atoms with Gasteiger partial charge in [0.1, 0.15) is 0 Å². The third kappa shape index (κ3) is 2.57. The molecule has 0 atom stereocenters. The molecule has 0 amide bonds. The van der Waals surface area contributed by atoms with Crippen LogP contribution < -0.4 is 0 Å². The van der Waals surface area contributed by atoms with Gasteiger partial charge in [-0.25, -0.2) is 14.8 Å². The van der Waals surface area contributed by atoms with Gasteiger partial charge < -0.3 is 10.1 Å². The third-order valence-electron chi connectivity index (χ3n) is 1.56. The average molecular weight is 241 g/mol. The van der Waals surface area contributed by atoms with Crippen molar-refractivity contribution in [1.82, 2.24) is 15.0 Å². The molecule has 0 aliphatic rings. The molecular weight excluding hydrogens is 234 g/mol. The maximum Gasteiger partial charge on any atom is 0.365 e. The van der Waals surface area contributed by atoms with E-state index in [2.05, 4.69) is 15.0 Å². The summed E-state index contributed by atoms with van der Waals surface area (Å²) in [6.07, 6.45) is 3.41. The van der Waals surface area contributed by atoms with E-state index in [1.807, 2.05) is 0 Å². The zero-order valence-corrected chi connectivity index (χ0v) is 9.14. The Kier molecular flexibility index (Phi) is 3.02. The summed E-state index contributed by atoms with van der Waals surface area (Å²) < 4.78 is 0. The summed E-state index contributed by atoms with van der Waals surface area (Å²) in [5.41, 5.74) is 0.763. The summed E-state index contributed by atoms with van der Waals surface area (Å²) in [7, 11) is 0. The van der Waals surface area contributed by atoms with E-state index >= 15 is 0 Å². The van der Waals surface area contributed by atoms with Gasteiger partial charge in [-0.15, -0.1) is 11.3 Å². The first-order valence-electron chi connectivity index (χ1n) is 4.05. The minimum Gasteiger partial charge on any atom is -0.476 e. The number of nitrogens with one attached hydrogen (secondary N) is 1. The first-order valence-corrected chi connectivity index (χ1v) is 5.92. The maximum atomic E-state index is 10.6. The van der Waals surface area contributed by atoms with E-state index in [0.29, 0.717) is 5.75 Å². The van der Waals surface area contributed by atoms with Gasteiger partial charge in [0, 0.05) is 23.5 Å².